The number of rotatable bonds is 0. The molecule has 1 aromatic rings. The summed E-state index contributed by atoms with van der Waals surface area (Å²) in [5.74, 6) is 0. The molecule has 0 heterocycles. The first kappa shape index (κ1) is 8.98. The third kappa shape index (κ3) is 3.10. The van der Waals surface area contributed by atoms with Gasteiger partial charge in [0, 0.05) is 10.7 Å². The Kier molecular flexibility index (Phi) is 4.33. The summed E-state index contributed by atoms with van der Waals surface area (Å²) in [4.78, 5) is 8.00. The Morgan fingerprint density at radius 1 is 1.40 bits per heavy atom. The lowest BCUT2D eigenvalue weighted by atomic mass is 10.3. The molecule has 0 aromatic heterocycles. The summed E-state index contributed by atoms with van der Waals surface area (Å²) >= 11 is 5.56. The zero-order valence-electron chi connectivity index (χ0n) is 5.38. The van der Waals surface area contributed by atoms with Gasteiger partial charge in [-0.15, -0.1) is 0 Å². The number of hydrogen-bond acceptors (Lipinski definition) is 2. The molecule has 0 spiro atoms. The molecular formula is C7H8ClNO. The Morgan fingerprint density at radius 3 is 2.30 bits per heavy atom. The minimum absolute atomic E-state index is 0.685. The molecule has 0 fully saturated rings. The van der Waals surface area contributed by atoms with E-state index < -0.39 is 0 Å². The van der Waals surface area contributed by atoms with Gasteiger partial charge in [0.15, 0.2) is 0 Å². The number of carbonyl (C=O) groups is 1. The molecule has 1 rings (SSSR count). The smallest absolute Gasteiger partial charge is 0.106 e. The highest BCUT2D eigenvalue weighted by molar-refractivity contribution is 6.30. The standard InChI is InChI=1S/C6H6ClN.CH2O/c7-5-2-1-3-6(8)4-5;1-2/h1-4H,8H2;1H2. The van der Waals surface area contributed by atoms with Gasteiger partial charge < -0.3 is 10.5 Å². The molecule has 0 unspecified atom stereocenters. The fraction of sp³-hybridized carbons (Fsp3) is 0. The topological polar surface area (TPSA) is 43.1 Å². The lowest BCUT2D eigenvalue weighted by molar-refractivity contribution is -0.0979. The number of nitrogens with two attached hydrogens (primary N) is 1. The summed E-state index contributed by atoms with van der Waals surface area (Å²) in [6, 6.07) is 7.11. The van der Waals surface area contributed by atoms with Gasteiger partial charge in [0.05, 0.1) is 0 Å². The van der Waals surface area contributed by atoms with Crippen molar-refractivity contribution >= 4 is 24.1 Å². The molecule has 1 aromatic carbocycles. The van der Waals surface area contributed by atoms with Crippen LogP contribution in [0.3, 0.4) is 0 Å². The van der Waals surface area contributed by atoms with Crippen molar-refractivity contribution in [1.29, 1.82) is 0 Å². The lowest BCUT2D eigenvalue weighted by Crippen LogP contribution is -1.80. The summed E-state index contributed by atoms with van der Waals surface area (Å²) in [5, 5.41) is 0.685. The molecule has 54 valence electrons. The van der Waals surface area contributed by atoms with Crippen LogP contribution in [0, 0.1) is 0 Å². The second-order valence-electron chi connectivity index (χ2n) is 1.56. The summed E-state index contributed by atoms with van der Waals surface area (Å²) in [5.41, 5.74) is 6.08. The minimum atomic E-state index is 0.685. The Labute approximate surface area is 64.6 Å². The molecule has 0 aliphatic heterocycles. The summed E-state index contributed by atoms with van der Waals surface area (Å²) < 4.78 is 0. The van der Waals surface area contributed by atoms with E-state index in [0.29, 0.717) is 10.7 Å². The van der Waals surface area contributed by atoms with Gasteiger partial charge in [0.2, 0.25) is 0 Å². The molecule has 0 amide bonds. The van der Waals surface area contributed by atoms with Gasteiger partial charge in [-0.25, -0.2) is 0 Å². The van der Waals surface area contributed by atoms with E-state index in [4.69, 9.17) is 22.1 Å². The van der Waals surface area contributed by atoms with E-state index >= 15 is 0 Å². The predicted octanol–water partition coefficient (Wildman–Crippen LogP) is 1.74. The Balaban J connectivity index is 0.000000371. The molecule has 0 aliphatic rings. The van der Waals surface area contributed by atoms with Crippen LogP contribution < -0.4 is 5.73 Å². The number of halogens is 1. The average Bonchev–Trinajstić information content (AvgIpc) is 1.91. The molecule has 2 N–H and O–H groups in total. The molecule has 0 saturated carbocycles. The Hall–Kier alpha value is -1.02. The third-order valence-corrected chi connectivity index (χ3v) is 1.08. The van der Waals surface area contributed by atoms with Crippen molar-refractivity contribution in [2.24, 2.45) is 0 Å². The second kappa shape index (κ2) is 4.82. The van der Waals surface area contributed by atoms with E-state index in [1.165, 1.54) is 0 Å². The lowest BCUT2D eigenvalue weighted by Gasteiger charge is -1.89. The van der Waals surface area contributed by atoms with Crippen LogP contribution in [0.25, 0.3) is 0 Å². The monoisotopic (exact) mass is 157 g/mol. The van der Waals surface area contributed by atoms with E-state index in [1.807, 2.05) is 12.9 Å². The number of benzene rings is 1. The summed E-state index contributed by atoms with van der Waals surface area (Å²) in [6.07, 6.45) is 0. The van der Waals surface area contributed by atoms with Crippen molar-refractivity contribution in [3.63, 3.8) is 0 Å². The van der Waals surface area contributed by atoms with Crippen LogP contribution in [-0.4, -0.2) is 6.79 Å². The van der Waals surface area contributed by atoms with Crippen LogP contribution >= 0.6 is 11.6 Å². The highest BCUT2D eigenvalue weighted by Gasteiger charge is 1.83. The van der Waals surface area contributed by atoms with E-state index in [9.17, 15) is 0 Å². The first-order valence-electron chi connectivity index (χ1n) is 2.59. The van der Waals surface area contributed by atoms with Crippen molar-refractivity contribution < 1.29 is 4.79 Å². The molecule has 2 nitrogen and oxygen atoms in total. The fourth-order valence-electron chi connectivity index (χ4n) is 0.507. The van der Waals surface area contributed by atoms with Crippen LogP contribution in [0.1, 0.15) is 0 Å². The third-order valence-electron chi connectivity index (χ3n) is 0.849. The predicted molar refractivity (Wildman–Crippen MR) is 43.0 cm³/mol. The number of carbonyl (C=O) groups excluding carboxylic acids is 1. The quantitative estimate of drug-likeness (QED) is 0.583. The maximum atomic E-state index is 8.00. The molecule has 0 aliphatic carbocycles. The van der Waals surface area contributed by atoms with E-state index in [1.54, 1.807) is 18.2 Å². The van der Waals surface area contributed by atoms with Crippen molar-refractivity contribution in [3.05, 3.63) is 29.3 Å². The van der Waals surface area contributed by atoms with Gasteiger partial charge >= 0.3 is 0 Å². The van der Waals surface area contributed by atoms with E-state index in [2.05, 4.69) is 0 Å². The zero-order chi connectivity index (χ0) is 7.98. The summed E-state index contributed by atoms with van der Waals surface area (Å²) in [7, 11) is 0. The van der Waals surface area contributed by atoms with Crippen LogP contribution in [0.2, 0.25) is 5.02 Å². The zero-order valence-corrected chi connectivity index (χ0v) is 6.14. The van der Waals surface area contributed by atoms with Crippen molar-refractivity contribution in [2.45, 2.75) is 0 Å². The van der Waals surface area contributed by atoms with Crippen LogP contribution in [0.15, 0.2) is 24.3 Å². The minimum Gasteiger partial charge on any atom is -0.399 e. The van der Waals surface area contributed by atoms with Crippen LogP contribution in [0.5, 0.6) is 0 Å². The van der Waals surface area contributed by atoms with Crippen LogP contribution in [0.4, 0.5) is 5.69 Å². The maximum Gasteiger partial charge on any atom is 0.106 e. The normalized spacial score (nSPS) is 7.70. The highest BCUT2D eigenvalue weighted by Crippen LogP contribution is 2.10. The van der Waals surface area contributed by atoms with E-state index in [0.717, 1.165) is 0 Å². The van der Waals surface area contributed by atoms with E-state index in [-0.39, 0.29) is 0 Å². The van der Waals surface area contributed by atoms with Crippen molar-refractivity contribution in [3.8, 4) is 0 Å². The highest BCUT2D eigenvalue weighted by atomic mass is 35.5. The van der Waals surface area contributed by atoms with Gasteiger partial charge in [-0.1, -0.05) is 17.7 Å². The number of hydrogen-bond donors (Lipinski definition) is 1. The molecule has 0 atom stereocenters. The number of anilines is 1. The Morgan fingerprint density at radius 2 is 2.00 bits per heavy atom. The maximum absolute atomic E-state index is 8.00. The average molecular weight is 158 g/mol. The molecular weight excluding hydrogens is 150 g/mol. The largest absolute Gasteiger partial charge is 0.399 e. The SMILES string of the molecule is C=O.Nc1cccc(Cl)c1. The summed E-state index contributed by atoms with van der Waals surface area (Å²) in [6.45, 7) is 2.00. The molecule has 10 heavy (non-hydrogen) atoms. The molecule has 0 radical (unpaired) electrons. The first-order chi connectivity index (χ1) is 4.79. The first-order valence-corrected chi connectivity index (χ1v) is 2.97. The van der Waals surface area contributed by atoms with Gasteiger partial charge in [0.1, 0.15) is 6.79 Å². The van der Waals surface area contributed by atoms with Gasteiger partial charge in [-0.3, -0.25) is 0 Å². The fourth-order valence-corrected chi connectivity index (χ4v) is 0.705. The van der Waals surface area contributed by atoms with Gasteiger partial charge in [-0.05, 0) is 18.2 Å². The van der Waals surface area contributed by atoms with Gasteiger partial charge in [0.25, 0.3) is 0 Å². The van der Waals surface area contributed by atoms with Crippen molar-refractivity contribution in [2.75, 3.05) is 5.73 Å². The van der Waals surface area contributed by atoms with Crippen LogP contribution in [-0.2, 0) is 4.79 Å². The number of nitrogen functional groups attached to an aromatic ring is 1. The van der Waals surface area contributed by atoms with Crippen molar-refractivity contribution in [1.82, 2.24) is 0 Å². The molecule has 0 bridgehead atoms. The molecule has 3 heteroatoms. The Bertz CT molecular complexity index is 185. The van der Waals surface area contributed by atoms with Gasteiger partial charge in [-0.2, -0.15) is 0 Å². The molecule has 0 saturated heterocycles. The second-order valence-corrected chi connectivity index (χ2v) is 1.99.